The van der Waals surface area contributed by atoms with Crippen LogP contribution >= 0.6 is 0 Å². The molecule has 11 heavy (non-hydrogen) atoms. The van der Waals surface area contributed by atoms with Gasteiger partial charge >= 0.3 is 0 Å². The Kier molecular flexibility index (Phi) is 5.22. The van der Waals surface area contributed by atoms with E-state index in [1.807, 2.05) is 13.8 Å². The van der Waals surface area contributed by atoms with Gasteiger partial charge in [-0.1, -0.05) is 26.3 Å². The van der Waals surface area contributed by atoms with Gasteiger partial charge in [0.1, 0.15) is 0 Å². The SMILES string of the molecule is CCC(C)C/C=C(\C)C(C)O. The Balaban J connectivity index is 3.72. The van der Waals surface area contributed by atoms with Crippen LogP contribution in [-0.4, -0.2) is 11.2 Å². The van der Waals surface area contributed by atoms with Crippen LogP contribution < -0.4 is 0 Å². The maximum absolute atomic E-state index is 9.14. The lowest BCUT2D eigenvalue weighted by Crippen LogP contribution is -2.01. The van der Waals surface area contributed by atoms with Crippen LogP contribution in [0.3, 0.4) is 0 Å². The molecule has 0 saturated heterocycles. The first kappa shape index (κ1) is 10.7. The fraction of sp³-hybridized carbons (Fsp3) is 0.800. The van der Waals surface area contributed by atoms with E-state index >= 15 is 0 Å². The predicted molar refractivity (Wildman–Crippen MR) is 49.5 cm³/mol. The summed E-state index contributed by atoms with van der Waals surface area (Å²) in [7, 11) is 0. The van der Waals surface area contributed by atoms with Crippen molar-refractivity contribution in [2.45, 2.75) is 46.6 Å². The summed E-state index contributed by atoms with van der Waals surface area (Å²) < 4.78 is 0. The molecule has 1 nitrogen and oxygen atoms in total. The smallest absolute Gasteiger partial charge is 0.0719 e. The average Bonchev–Trinajstić information content (AvgIpc) is 1.99. The predicted octanol–water partition coefficient (Wildman–Crippen LogP) is 2.75. The minimum absolute atomic E-state index is 0.279. The zero-order chi connectivity index (χ0) is 8.85. The highest BCUT2D eigenvalue weighted by Gasteiger charge is 1.99. The highest BCUT2D eigenvalue weighted by atomic mass is 16.3. The van der Waals surface area contributed by atoms with Crippen molar-refractivity contribution in [1.29, 1.82) is 0 Å². The minimum atomic E-state index is -0.279. The molecule has 0 aromatic rings. The summed E-state index contributed by atoms with van der Waals surface area (Å²) in [6.07, 6.45) is 4.16. The molecule has 0 amide bonds. The molecule has 66 valence electrons. The van der Waals surface area contributed by atoms with Gasteiger partial charge in [0.05, 0.1) is 6.10 Å². The van der Waals surface area contributed by atoms with Crippen molar-refractivity contribution in [3.05, 3.63) is 11.6 Å². The van der Waals surface area contributed by atoms with E-state index in [1.165, 1.54) is 6.42 Å². The summed E-state index contributed by atoms with van der Waals surface area (Å²) in [5.74, 6) is 0.740. The number of hydrogen-bond donors (Lipinski definition) is 1. The van der Waals surface area contributed by atoms with Gasteiger partial charge in [0, 0.05) is 0 Å². The highest BCUT2D eigenvalue weighted by Crippen LogP contribution is 2.10. The average molecular weight is 156 g/mol. The van der Waals surface area contributed by atoms with E-state index < -0.39 is 0 Å². The molecule has 0 bridgehead atoms. The fourth-order valence-corrected chi connectivity index (χ4v) is 0.724. The molecule has 2 atom stereocenters. The Morgan fingerprint density at radius 2 is 2.00 bits per heavy atom. The molecule has 2 unspecified atom stereocenters. The first-order valence-electron chi connectivity index (χ1n) is 4.42. The quantitative estimate of drug-likeness (QED) is 0.620. The summed E-state index contributed by atoms with van der Waals surface area (Å²) >= 11 is 0. The standard InChI is InChI=1S/C10H20O/c1-5-8(2)6-7-9(3)10(4)11/h7-8,10-11H,5-6H2,1-4H3/b9-7+. The summed E-state index contributed by atoms with van der Waals surface area (Å²) in [6, 6.07) is 0. The molecule has 0 aliphatic heterocycles. The molecule has 0 rings (SSSR count). The second-order valence-electron chi connectivity index (χ2n) is 3.37. The zero-order valence-corrected chi connectivity index (χ0v) is 8.09. The van der Waals surface area contributed by atoms with Gasteiger partial charge in [-0.05, 0) is 31.8 Å². The highest BCUT2D eigenvalue weighted by molar-refractivity contribution is 5.02. The van der Waals surface area contributed by atoms with Crippen LogP contribution in [0.1, 0.15) is 40.5 Å². The second kappa shape index (κ2) is 5.36. The molecule has 1 heteroatoms. The van der Waals surface area contributed by atoms with Gasteiger partial charge < -0.3 is 5.11 Å². The van der Waals surface area contributed by atoms with Crippen molar-refractivity contribution in [3.63, 3.8) is 0 Å². The van der Waals surface area contributed by atoms with Crippen LogP contribution in [0.5, 0.6) is 0 Å². The summed E-state index contributed by atoms with van der Waals surface area (Å²) in [6.45, 7) is 8.21. The van der Waals surface area contributed by atoms with Gasteiger partial charge in [0.15, 0.2) is 0 Å². The summed E-state index contributed by atoms with van der Waals surface area (Å²) in [5, 5.41) is 9.14. The second-order valence-corrected chi connectivity index (χ2v) is 3.37. The van der Waals surface area contributed by atoms with E-state index in [4.69, 9.17) is 5.11 Å². The number of aliphatic hydroxyl groups excluding tert-OH is 1. The maximum Gasteiger partial charge on any atom is 0.0719 e. The third-order valence-electron chi connectivity index (χ3n) is 2.20. The van der Waals surface area contributed by atoms with E-state index in [9.17, 15) is 0 Å². The van der Waals surface area contributed by atoms with Crippen LogP contribution in [0.4, 0.5) is 0 Å². The molecule has 0 aliphatic rings. The summed E-state index contributed by atoms with van der Waals surface area (Å²) in [4.78, 5) is 0. The Morgan fingerprint density at radius 3 is 2.36 bits per heavy atom. The van der Waals surface area contributed by atoms with E-state index in [0.29, 0.717) is 0 Å². The molecule has 0 aliphatic carbocycles. The Hall–Kier alpha value is -0.300. The maximum atomic E-state index is 9.14. The van der Waals surface area contributed by atoms with E-state index in [-0.39, 0.29) is 6.10 Å². The fourth-order valence-electron chi connectivity index (χ4n) is 0.724. The molecule has 0 aromatic heterocycles. The van der Waals surface area contributed by atoms with Crippen molar-refractivity contribution in [2.24, 2.45) is 5.92 Å². The molecule has 0 heterocycles. The first-order chi connectivity index (χ1) is 5.07. The van der Waals surface area contributed by atoms with Crippen molar-refractivity contribution < 1.29 is 5.11 Å². The van der Waals surface area contributed by atoms with Gasteiger partial charge in [-0.15, -0.1) is 0 Å². The van der Waals surface area contributed by atoms with Crippen LogP contribution in [0.15, 0.2) is 11.6 Å². The molecule has 0 fully saturated rings. The van der Waals surface area contributed by atoms with Crippen molar-refractivity contribution in [1.82, 2.24) is 0 Å². The van der Waals surface area contributed by atoms with Gasteiger partial charge in [-0.2, -0.15) is 0 Å². The Bertz CT molecular complexity index is 125. The molecular formula is C10H20O. The minimum Gasteiger partial charge on any atom is -0.389 e. The van der Waals surface area contributed by atoms with Crippen molar-refractivity contribution in [3.8, 4) is 0 Å². The van der Waals surface area contributed by atoms with Gasteiger partial charge in [-0.3, -0.25) is 0 Å². The van der Waals surface area contributed by atoms with Crippen LogP contribution in [0.2, 0.25) is 0 Å². The van der Waals surface area contributed by atoms with Crippen molar-refractivity contribution in [2.75, 3.05) is 0 Å². The molecule has 0 saturated carbocycles. The van der Waals surface area contributed by atoms with E-state index in [0.717, 1.165) is 17.9 Å². The van der Waals surface area contributed by atoms with Gasteiger partial charge in [-0.25, -0.2) is 0 Å². The van der Waals surface area contributed by atoms with E-state index in [1.54, 1.807) is 0 Å². The lowest BCUT2D eigenvalue weighted by atomic mass is 10.0. The lowest BCUT2D eigenvalue weighted by Gasteiger charge is -2.07. The lowest BCUT2D eigenvalue weighted by molar-refractivity contribution is 0.231. The molecule has 1 N–H and O–H groups in total. The summed E-state index contributed by atoms with van der Waals surface area (Å²) in [5.41, 5.74) is 1.09. The van der Waals surface area contributed by atoms with Gasteiger partial charge in [0.2, 0.25) is 0 Å². The molecule has 0 aromatic carbocycles. The normalized spacial score (nSPS) is 18.1. The van der Waals surface area contributed by atoms with E-state index in [2.05, 4.69) is 19.9 Å². The number of allylic oxidation sites excluding steroid dienone is 1. The topological polar surface area (TPSA) is 20.2 Å². The monoisotopic (exact) mass is 156 g/mol. The number of aliphatic hydroxyl groups is 1. The van der Waals surface area contributed by atoms with Crippen LogP contribution in [0, 0.1) is 5.92 Å². The molecule has 0 spiro atoms. The molecular weight excluding hydrogens is 136 g/mol. The van der Waals surface area contributed by atoms with Crippen LogP contribution in [-0.2, 0) is 0 Å². The third kappa shape index (κ3) is 5.02. The third-order valence-corrected chi connectivity index (χ3v) is 2.20. The zero-order valence-electron chi connectivity index (χ0n) is 8.09. The first-order valence-corrected chi connectivity index (χ1v) is 4.42. The van der Waals surface area contributed by atoms with Gasteiger partial charge in [0.25, 0.3) is 0 Å². The van der Waals surface area contributed by atoms with Crippen molar-refractivity contribution >= 4 is 0 Å². The Morgan fingerprint density at radius 1 is 1.45 bits per heavy atom. The Labute approximate surface area is 70.1 Å². The van der Waals surface area contributed by atoms with Crippen LogP contribution in [0.25, 0.3) is 0 Å². The molecule has 0 radical (unpaired) electrons. The number of hydrogen-bond acceptors (Lipinski definition) is 1. The number of rotatable bonds is 4. The largest absolute Gasteiger partial charge is 0.389 e.